The maximum atomic E-state index is 12.7. The number of aryl methyl sites for hydroxylation is 1. The summed E-state index contributed by atoms with van der Waals surface area (Å²) in [7, 11) is 0. The Labute approximate surface area is 159 Å². The Morgan fingerprint density at radius 1 is 1.19 bits per heavy atom. The Bertz CT molecular complexity index is 880. The van der Waals surface area contributed by atoms with Gasteiger partial charge in [0.25, 0.3) is 5.56 Å². The van der Waals surface area contributed by atoms with Gasteiger partial charge in [-0.2, -0.15) is 5.10 Å². The van der Waals surface area contributed by atoms with Gasteiger partial charge in [-0.3, -0.25) is 14.4 Å². The van der Waals surface area contributed by atoms with E-state index in [1.807, 2.05) is 46.8 Å². The molecule has 0 aliphatic rings. The number of aromatic nitrogens is 2. The van der Waals surface area contributed by atoms with E-state index in [1.54, 1.807) is 12.1 Å². The van der Waals surface area contributed by atoms with Crippen LogP contribution >= 0.6 is 0 Å². The van der Waals surface area contributed by atoms with Gasteiger partial charge >= 0.3 is 0 Å². The first-order chi connectivity index (χ1) is 12.6. The van der Waals surface area contributed by atoms with Gasteiger partial charge in [-0.15, -0.1) is 0 Å². The van der Waals surface area contributed by atoms with Crippen molar-refractivity contribution in [3.8, 4) is 0 Å². The van der Waals surface area contributed by atoms with Crippen LogP contribution in [-0.4, -0.2) is 27.9 Å². The van der Waals surface area contributed by atoms with E-state index >= 15 is 0 Å². The second-order valence-electron chi connectivity index (χ2n) is 8.12. The molecule has 6 heteroatoms. The van der Waals surface area contributed by atoms with Crippen LogP contribution in [0.25, 0.3) is 10.8 Å². The molecule has 27 heavy (non-hydrogen) atoms. The van der Waals surface area contributed by atoms with Crippen molar-refractivity contribution < 1.29 is 9.59 Å². The third-order valence-corrected chi connectivity index (χ3v) is 4.92. The van der Waals surface area contributed by atoms with Crippen molar-refractivity contribution in [2.24, 2.45) is 11.3 Å². The first-order valence-corrected chi connectivity index (χ1v) is 9.44. The minimum absolute atomic E-state index is 0.0611. The Morgan fingerprint density at radius 2 is 1.81 bits per heavy atom. The molecule has 0 fully saturated rings. The Morgan fingerprint density at radius 3 is 2.41 bits per heavy atom. The second kappa shape index (κ2) is 8.46. The number of Topliss-reactive ketones (excluding diaryl/α,β-unsaturated/α-hetero) is 1. The van der Waals surface area contributed by atoms with E-state index in [-0.39, 0.29) is 35.0 Å². The number of ketones is 1. The highest BCUT2D eigenvalue weighted by atomic mass is 16.2. The monoisotopic (exact) mass is 371 g/mol. The molecule has 0 aliphatic heterocycles. The van der Waals surface area contributed by atoms with Crippen molar-refractivity contribution in [1.29, 1.82) is 0 Å². The fraction of sp³-hybridized carbons (Fsp3) is 0.524. The molecule has 1 heterocycles. The lowest BCUT2D eigenvalue weighted by atomic mass is 9.80. The molecule has 6 nitrogen and oxygen atoms in total. The Balaban J connectivity index is 2.12. The summed E-state index contributed by atoms with van der Waals surface area (Å²) in [5, 5.41) is 10.8. The summed E-state index contributed by atoms with van der Waals surface area (Å²) in [6.07, 6.45) is 1.33. The summed E-state index contributed by atoms with van der Waals surface area (Å²) in [4.78, 5) is 37.1. The average Bonchev–Trinajstić information content (AvgIpc) is 2.63. The molecular formula is C21H29N3O3. The third kappa shape index (κ3) is 5.02. The molecule has 1 aromatic carbocycles. The summed E-state index contributed by atoms with van der Waals surface area (Å²) < 4.78 is 0. The predicted molar refractivity (Wildman–Crippen MR) is 107 cm³/mol. The summed E-state index contributed by atoms with van der Waals surface area (Å²) in [6, 6.07) is 6.67. The lowest BCUT2D eigenvalue weighted by molar-refractivity contribution is -0.132. The van der Waals surface area contributed by atoms with Crippen molar-refractivity contribution in [3.63, 3.8) is 0 Å². The average molecular weight is 371 g/mol. The van der Waals surface area contributed by atoms with Crippen LogP contribution in [0, 0.1) is 11.3 Å². The van der Waals surface area contributed by atoms with Crippen LogP contribution < -0.4 is 10.9 Å². The number of amides is 1. The molecule has 0 saturated carbocycles. The molecule has 1 amide bonds. The van der Waals surface area contributed by atoms with Gasteiger partial charge < -0.3 is 5.32 Å². The van der Waals surface area contributed by atoms with Gasteiger partial charge in [0.1, 0.15) is 0 Å². The van der Waals surface area contributed by atoms with E-state index < -0.39 is 6.04 Å². The number of hydrogen-bond acceptors (Lipinski definition) is 4. The first-order valence-electron chi connectivity index (χ1n) is 9.44. The van der Waals surface area contributed by atoms with Crippen molar-refractivity contribution in [3.05, 3.63) is 40.3 Å². The number of hydrogen-bond donors (Lipinski definition) is 2. The molecular weight excluding hydrogens is 342 g/mol. The zero-order valence-electron chi connectivity index (χ0n) is 16.8. The van der Waals surface area contributed by atoms with Gasteiger partial charge in [-0.05, 0) is 17.9 Å². The zero-order valence-corrected chi connectivity index (χ0v) is 16.8. The standard InChI is InChI=1S/C21H29N3O3/c1-6-13(2)18(26)19(21(3,4)5)22-17(25)12-11-16-14-9-7-8-10-15(14)20(27)24-23-16/h7-10,13,19H,6,11-12H2,1-5H3,(H,22,25)(H,24,27). The molecule has 0 aliphatic carbocycles. The summed E-state index contributed by atoms with van der Waals surface area (Å²) in [6.45, 7) is 9.72. The van der Waals surface area contributed by atoms with E-state index in [4.69, 9.17) is 0 Å². The predicted octanol–water partition coefficient (Wildman–Crippen LogP) is 3.00. The zero-order chi connectivity index (χ0) is 20.2. The maximum Gasteiger partial charge on any atom is 0.272 e. The van der Waals surface area contributed by atoms with Gasteiger partial charge in [0, 0.05) is 24.1 Å². The van der Waals surface area contributed by atoms with E-state index in [2.05, 4.69) is 15.5 Å². The molecule has 2 rings (SSSR count). The number of fused-ring (bicyclic) bond motifs is 1. The number of H-pyrrole nitrogens is 1. The molecule has 2 unspecified atom stereocenters. The third-order valence-electron chi connectivity index (χ3n) is 4.92. The number of carbonyl (C=O) groups excluding carboxylic acids is 2. The number of nitrogens with zero attached hydrogens (tertiary/aromatic N) is 1. The molecule has 146 valence electrons. The summed E-state index contributed by atoms with van der Waals surface area (Å²) >= 11 is 0. The van der Waals surface area contributed by atoms with Gasteiger partial charge in [0.2, 0.25) is 5.91 Å². The smallest absolute Gasteiger partial charge is 0.272 e. The number of benzene rings is 1. The fourth-order valence-corrected chi connectivity index (χ4v) is 3.03. The highest BCUT2D eigenvalue weighted by Gasteiger charge is 2.34. The molecule has 2 N–H and O–H groups in total. The van der Waals surface area contributed by atoms with Gasteiger partial charge in [0.05, 0.1) is 17.1 Å². The highest BCUT2D eigenvalue weighted by molar-refractivity contribution is 5.91. The number of aromatic amines is 1. The number of nitrogens with one attached hydrogen (secondary N) is 2. The topological polar surface area (TPSA) is 91.9 Å². The lowest BCUT2D eigenvalue weighted by Gasteiger charge is -2.32. The van der Waals surface area contributed by atoms with Crippen LogP contribution in [0.15, 0.2) is 29.1 Å². The van der Waals surface area contributed by atoms with Crippen LogP contribution in [0.1, 0.15) is 53.2 Å². The van der Waals surface area contributed by atoms with Gasteiger partial charge in [-0.25, -0.2) is 5.10 Å². The Kier molecular flexibility index (Phi) is 6.52. The summed E-state index contributed by atoms with van der Waals surface area (Å²) in [5.74, 6) is -0.228. The lowest BCUT2D eigenvalue weighted by Crippen LogP contribution is -2.50. The molecule has 0 saturated heterocycles. The molecule has 0 radical (unpaired) electrons. The van der Waals surface area contributed by atoms with E-state index in [9.17, 15) is 14.4 Å². The SMILES string of the molecule is CCC(C)C(=O)C(NC(=O)CCc1n[nH]c(=O)c2ccccc12)C(C)(C)C. The van der Waals surface area contributed by atoms with Gasteiger partial charge in [0.15, 0.2) is 5.78 Å². The van der Waals surface area contributed by atoms with Crippen molar-refractivity contribution in [2.45, 2.75) is 59.9 Å². The molecule has 2 aromatic rings. The van der Waals surface area contributed by atoms with Crippen LogP contribution in [0.3, 0.4) is 0 Å². The van der Waals surface area contributed by atoms with Crippen molar-refractivity contribution in [2.75, 3.05) is 0 Å². The van der Waals surface area contributed by atoms with E-state index in [0.29, 0.717) is 17.5 Å². The van der Waals surface area contributed by atoms with Crippen molar-refractivity contribution >= 4 is 22.5 Å². The second-order valence-corrected chi connectivity index (χ2v) is 8.12. The number of rotatable bonds is 7. The normalized spacial score (nSPS) is 14.0. The minimum atomic E-state index is -0.528. The molecule has 2 atom stereocenters. The highest BCUT2D eigenvalue weighted by Crippen LogP contribution is 2.24. The first kappa shape index (κ1) is 20.8. The van der Waals surface area contributed by atoms with Crippen molar-refractivity contribution in [1.82, 2.24) is 15.5 Å². The Hall–Kier alpha value is -2.50. The van der Waals surface area contributed by atoms with Crippen LogP contribution in [0.5, 0.6) is 0 Å². The van der Waals surface area contributed by atoms with Crippen LogP contribution in [-0.2, 0) is 16.0 Å². The quantitative estimate of drug-likeness (QED) is 0.782. The molecule has 1 aromatic heterocycles. The van der Waals surface area contributed by atoms with E-state index in [1.165, 1.54) is 0 Å². The van der Waals surface area contributed by atoms with Gasteiger partial charge in [-0.1, -0.05) is 52.8 Å². The summed E-state index contributed by atoms with van der Waals surface area (Å²) in [5.41, 5.74) is 0.0608. The van der Waals surface area contributed by atoms with E-state index in [0.717, 1.165) is 11.8 Å². The fourth-order valence-electron chi connectivity index (χ4n) is 3.03. The van der Waals surface area contributed by atoms with Crippen LogP contribution in [0.2, 0.25) is 0 Å². The number of carbonyl (C=O) groups is 2. The van der Waals surface area contributed by atoms with Crippen LogP contribution in [0.4, 0.5) is 0 Å². The minimum Gasteiger partial charge on any atom is -0.346 e. The molecule has 0 spiro atoms. The largest absolute Gasteiger partial charge is 0.346 e. The maximum absolute atomic E-state index is 12.7. The molecule has 0 bridgehead atoms.